The van der Waals surface area contributed by atoms with E-state index in [0.29, 0.717) is 19.6 Å². The first-order valence-corrected chi connectivity index (χ1v) is 8.07. The quantitative estimate of drug-likeness (QED) is 0.560. The highest BCUT2D eigenvalue weighted by Gasteiger charge is 2.21. The SMILES string of the molecule is CCCN(CCN(C)c1ccc([N+](=O)[O-])cc1)C(=O)OC(C)(C)C. The number of carbonyl (C=O) groups is 1. The van der Waals surface area contributed by atoms with Crippen molar-refractivity contribution in [2.24, 2.45) is 0 Å². The Hall–Kier alpha value is -2.31. The van der Waals surface area contributed by atoms with Crippen molar-refractivity contribution in [1.82, 2.24) is 4.90 Å². The number of amides is 1. The summed E-state index contributed by atoms with van der Waals surface area (Å²) in [6.45, 7) is 9.31. The summed E-state index contributed by atoms with van der Waals surface area (Å²) in [5.74, 6) is 0. The Bertz CT molecular complexity index is 552. The summed E-state index contributed by atoms with van der Waals surface area (Å²) >= 11 is 0. The molecule has 1 amide bonds. The zero-order chi connectivity index (χ0) is 18.3. The number of rotatable bonds is 7. The number of benzene rings is 1. The van der Waals surface area contributed by atoms with Crippen LogP contribution in [0.5, 0.6) is 0 Å². The van der Waals surface area contributed by atoms with Crippen molar-refractivity contribution in [3.63, 3.8) is 0 Å². The van der Waals surface area contributed by atoms with Gasteiger partial charge in [0.05, 0.1) is 4.92 Å². The van der Waals surface area contributed by atoms with Gasteiger partial charge in [-0.15, -0.1) is 0 Å². The molecule has 0 aromatic heterocycles. The van der Waals surface area contributed by atoms with Crippen molar-refractivity contribution >= 4 is 17.5 Å². The van der Waals surface area contributed by atoms with Crippen LogP contribution in [0.2, 0.25) is 0 Å². The van der Waals surface area contributed by atoms with Gasteiger partial charge in [-0.1, -0.05) is 6.92 Å². The molecule has 0 spiro atoms. The van der Waals surface area contributed by atoms with Gasteiger partial charge in [0.1, 0.15) is 5.60 Å². The lowest BCUT2D eigenvalue weighted by Gasteiger charge is -2.29. The maximum Gasteiger partial charge on any atom is 0.410 e. The zero-order valence-electron chi connectivity index (χ0n) is 15.1. The van der Waals surface area contributed by atoms with Crippen LogP contribution in [0.1, 0.15) is 34.1 Å². The highest BCUT2D eigenvalue weighted by molar-refractivity contribution is 5.68. The smallest absolute Gasteiger partial charge is 0.410 e. The molecule has 0 fully saturated rings. The van der Waals surface area contributed by atoms with Gasteiger partial charge in [-0.3, -0.25) is 10.1 Å². The van der Waals surface area contributed by atoms with Crippen LogP contribution in [0, 0.1) is 10.1 Å². The lowest BCUT2D eigenvalue weighted by Crippen LogP contribution is -2.41. The van der Waals surface area contributed by atoms with Crippen LogP contribution in [-0.4, -0.2) is 48.2 Å². The van der Waals surface area contributed by atoms with Crippen LogP contribution in [0.3, 0.4) is 0 Å². The van der Waals surface area contributed by atoms with E-state index in [1.54, 1.807) is 17.0 Å². The maximum absolute atomic E-state index is 12.2. The summed E-state index contributed by atoms with van der Waals surface area (Å²) in [6.07, 6.45) is 0.530. The van der Waals surface area contributed by atoms with Crippen LogP contribution < -0.4 is 4.90 Å². The lowest BCUT2D eigenvalue weighted by molar-refractivity contribution is -0.384. The van der Waals surface area contributed by atoms with E-state index in [2.05, 4.69) is 0 Å². The van der Waals surface area contributed by atoms with E-state index in [1.807, 2.05) is 39.6 Å². The molecule has 0 heterocycles. The predicted molar refractivity (Wildman–Crippen MR) is 94.5 cm³/mol. The minimum Gasteiger partial charge on any atom is -0.444 e. The Morgan fingerprint density at radius 1 is 1.17 bits per heavy atom. The molecular weight excluding hydrogens is 310 g/mol. The standard InChI is InChI=1S/C17H27N3O4/c1-6-11-19(16(21)24-17(2,3)4)13-12-18(5)14-7-9-15(10-8-14)20(22)23/h7-10H,6,11-13H2,1-5H3. The number of ether oxygens (including phenoxy) is 1. The molecule has 7 nitrogen and oxygen atoms in total. The second-order valence-electron chi connectivity index (χ2n) is 6.66. The molecular formula is C17H27N3O4. The number of nitro groups is 1. The van der Waals surface area contributed by atoms with Gasteiger partial charge < -0.3 is 14.5 Å². The Kier molecular flexibility index (Phi) is 7.00. The minimum atomic E-state index is -0.520. The molecule has 0 saturated heterocycles. The normalized spacial score (nSPS) is 11.0. The van der Waals surface area contributed by atoms with Gasteiger partial charge in [0.2, 0.25) is 0 Å². The third-order valence-corrected chi connectivity index (χ3v) is 3.35. The zero-order valence-corrected chi connectivity index (χ0v) is 15.1. The number of nitrogens with zero attached hydrogens (tertiary/aromatic N) is 3. The summed E-state index contributed by atoms with van der Waals surface area (Å²) in [5, 5.41) is 10.7. The molecule has 0 aliphatic carbocycles. The number of hydrogen-bond acceptors (Lipinski definition) is 5. The third-order valence-electron chi connectivity index (χ3n) is 3.35. The Morgan fingerprint density at radius 2 is 1.75 bits per heavy atom. The molecule has 0 N–H and O–H groups in total. The van der Waals surface area contributed by atoms with Crippen molar-refractivity contribution in [2.75, 3.05) is 31.6 Å². The molecule has 134 valence electrons. The van der Waals surface area contributed by atoms with Crippen molar-refractivity contribution in [1.29, 1.82) is 0 Å². The fourth-order valence-corrected chi connectivity index (χ4v) is 2.12. The predicted octanol–water partition coefficient (Wildman–Crippen LogP) is 3.68. The average molecular weight is 337 g/mol. The first kappa shape index (κ1) is 19.7. The van der Waals surface area contributed by atoms with Gasteiger partial charge >= 0.3 is 6.09 Å². The van der Waals surface area contributed by atoms with Crippen LogP contribution >= 0.6 is 0 Å². The van der Waals surface area contributed by atoms with E-state index in [-0.39, 0.29) is 11.8 Å². The van der Waals surface area contributed by atoms with Crippen molar-refractivity contribution in [3.8, 4) is 0 Å². The van der Waals surface area contributed by atoms with Crippen LogP contribution in [0.15, 0.2) is 24.3 Å². The van der Waals surface area contributed by atoms with Crippen molar-refractivity contribution in [3.05, 3.63) is 34.4 Å². The summed E-state index contributed by atoms with van der Waals surface area (Å²) in [6, 6.07) is 6.36. The average Bonchev–Trinajstić information content (AvgIpc) is 2.49. The van der Waals surface area contributed by atoms with Crippen LogP contribution in [-0.2, 0) is 4.74 Å². The monoisotopic (exact) mass is 337 g/mol. The first-order chi connectivity index (χ1) is 11.1. The van der Waals surface area contributed by atoms with E-state index in [0.717, 1.165) is 12.1 Å². The number of hydrogen-bond donors (Lipinski definition) is 0. The minimum absolute atomic E-state index is 0.0634. The van der Waals surface area contributed by atoms with Gasteiger partial charge in [0.15, 0.2) is 0 Å². The van der Waals surface area contributed by atoms with E-state index in [4.69, 9.17) is 4.74 Å². The molecule has 0 saturated carbocycles. The molecule has 1 aromatic carbocycles. The van der Waals surface area contributed by atoms with Gasteiger partial charge in [-0.2, -0.15) is 0 Å². The van der Waals surface area contributed by atoms with E-state index in [9.17, 15) is 14.9 Å². The summed E-state index contributed by atoms with van der Waals surface area (Å²) in [7, 11) is 1.89. The van der Waals surface area contributed by atoms with Gasteiger partial charge in [0, 0.05) is 44.5 Å². The third kappa shape index (κ3) is 6.44. The highest BCUT2D eigenvalue weighted by Crippen LogP contribution is 2.18. The Labute approximate surface area is 143 Å². The van der Waals surface area contributed by atoms with Crippen LogP contribution in [0.25, 0.3) is 0 Å². The molecule has 1 rings (SSSR count). The summed E-state index contributed by atoms with van der Waals surface area (Å²) < 4.78 is 5.43. The molecule has 0 unspecified atom stereocenters. The van der Waals surface area contributed by atoms with E-state index < -0.39 is 10.5 Å². The first-order valence-electron chi connectivity index (χ1n) is 8.07. The number of nitro benzene ring substituents is 1. The Morgan fingerprint density at radius 3 is 2.21 bits per heavy atom. The fourth-order valence-electron chi connectivity index (χ4n) is 2.12. The van der Waals surface area contributed by atoms with Gasteiger partial charge in [-0.25, -0.2) is 4.79 Å². The molecule has 24 heavy (non-hydrogen) atoms. The fraction of sp³-hybridized carbons (Fsp3) is 0.588. The maximum atomic E-state index is 12.2. The van der Waals surface area contributed by atoms with Gasteiger partial charge in [-0.05, 0) is 39.3 Å². The molecule has 1 aromatic rings. The highest BCUT2D eigenvalue weighted by atomic mass is 16.6. The molecule has 7 heteroatoms. The number of anilines is 1. The Balaban J connectivity index is 2.65. The summed E-state index contributed by atoms with van der Waals surface area (Å²) in [5.41, 5.74) is 0.405. The van der Waals surface area contributed by atoms with Crippen LogP contribution in [0.4, 0.5) is 16.2 Å². The number of carbonyl (C=O) groups excluding carboxylic acids is 1. The molecule has 0 radical (unpaired) electrons. The number of likely N-dealkylation sites (N-methyl/N-ethyl adjacent to an activating group) is 1. The van der Waals surface area contributed by atoms with Gasteiger partial charge in [0.25, 0.3) is 5.69 Å². The van der Waals surface area contributed by atoms with Crippen molar-refractivity contribution < 1.29 is 14.5 Å². The summed E-state index contributed by atoms with van der Waals surface area (Å²) in [4.78, 5) is 26.1. The molecule has 0 aliphatic rings. The van der Waals surface area contributed by atoms with E-state index >= 15 is 0 Å². The molecule has 0 aliphatic heterocycles. The largest absolute Gasteiger partial charge is 0.444 e. The second kappa shape index (κ2) is 8.52. The van der Waals surface area contributed by atoms with Crippen molar-refractivity contribution in [2.45, 2.75) is 39.7 Å². The molecule has 0 atom stereocenters. The number of non-ortho nitro benzene ring substituents is 1. The molecule has 0 bridgehead atoms. The topological polar surface area (TPSA) is 75.9 Å². The van der Waals surface area contributed by atoms with E-state index in [1.165, 1.54) is 12.1 Å². The lowest BCUT2D eigenvalue weighted by atomic mass is 10.2. The second-order valence-corrected chi connectivity index (χ2v) is 6.66.